The monoisotopic (exact) mass is 449 g/mol. The maximum atomic E-state index is 9.20. The zero-order valence-electron chi connectivity index (χ0n) is 24.1. The highest BCUT2D eigenvalue weighted by molar-refractivity contribution is 6.16. The molecule has 0 amide bonds. The van der Waals surface area contributed by atoms with E-state index in [0.29, 0.717) is 33.8 Å². The van der Waals surface area contributed by atoms with Crippen LogP contribution < -0.4 is 4.57 Å². The summed E-state index contributed by atoms with van der Waals surface area (Å²) in [5.41, 5.74) is 6.24. The minimum absolute atomic E-state index is 0.0111. The summed E-state index contributed by atoms with van der Waals surface area (Å²) in [4.78, 5) is 3.67. The number of furan rings is 1. The van der Waals surface area contributed by atoms with E-state index in [4.69, 9.17) is 15.1 Å². The molecule has 0 fully saturated rings. The Morgan fingerprint density at radius 3 is 2.56 bits per heavy atom. The van der Waals surface area contributed by atoms with Crippen LogP contribution in [0.1, 0.15) is 36.2 Å². The lowest BCUT2D eigenvalue weighted by Crippen LogP contribution is -2.35. The maximum absolute atomic E-state index is 9.20. The zero-order chi connectivity index (χ0) is 27.5. The van der Waals surface area contributed by atoms with Crippen LogP contribution in [-0.2, 0) is 13.4 Å². The molecule has 0 aliphatic rings. The van der Waals surface area contributed by atoms with Crippen molar-refractivity contribution in [3.63, 3.8) is 0 Å². The number of aromatic nitrogens is 1. The van der Waals surface area contributed by atoms with Gasteiger partial charge in [0.1, 0.15) is 18.2 Å². The fourth-order valence-corrected chi connectivity index (χ4v) is 4.51. The largest absolute Gasteiger partial charge is 0.456 e. The highest BCUT2D eigenvalue weighted by atomic mass is 16.3. The van der Waals surface area contributed by atoms with Gasteiger partial charge in [0.05, 0.1) is 14.9 Å². The van der Waals surface area contributed by atoms with E-state index in [9.17, 15) is 1.37 Å². The predicted octanol–water partition coefficient (Wildman–Crippen LogP) is 8.11. The Hall–Kier alpha value is -3.90. The first kappa shape index (κ1) is 17.6. The van der Waals surface area contributed by atoms with Crippen molar-refractivity contribution in [1.29, 1.82) is 0 Å². The van der Waals surface area contributed by atoms with E-state index >= 15 is 0 Å². The smallest absolute Gasteiger partial charge is 0.216 e. The fraction of sp³-hybridized carbons (Fsp3) is 0.226. The van der Waals surface area contributed by atoms with Crippen molar-refractivity contribution in [3.05, 3.63) is 94.9 Å². The van der Waals surface area contributed by atoms with E-state index < -0.39 is 12.3 Å². The van der Waals surface area contributed by atoms with Gasteiger partial charge in [-0.2, -0.15) is 4.57 Å². The maximum Gasteiger partial charge on any atom is 0.216 e. The topological polar surface area (TPSA) is 21.4 Å². The average Bonchev–Trinajstić information content (AvgIpc) is 3.27. The first-order valence-electron chi connectivity index (χ1n) is 13.4. The molecule has 3 heteroatoms. The number of hydrogen-bond acceptors (Lipinski definition) is 1. The van der Waals surface area contributed by atoms with Gasteiger partial charge in [0.2, 0.25) is 5.69 Å². The lowest BCUT2D eigenvalue weighted by Gasteiger charge is -2.11. The van der Waals surface area contributed by atoms with E-state index in [1.807, 2.05) is 62.5 Å². The van der Waals surface area contributed by atoms with Crippen LogP contribution in [-0.4, -0.2) is 0 Å². The van der Waals surface area contributed by atoms with Crippen molar-refractivity contribution in [2.45, 2.75) is 34.1 Å². The van der Waals surface area contributed by atoms with Gasteiger partial charge in [0.15, 0.2) is 11.4 Å². The number of hydrogen-bond donors (Lipinski definition) is 0. The Balaban J connectivity index is 1.94. The van der Waals surface area contributed by atoms with Crippen molar-refractivity contribution in [2.75, 3.05) is 0 Å². The van der Waals surface area contributed by atoms with Gasteiger partial charge in [-0.05, 0) is 53.6 Å². The SMILES string of the molecule is [2H]c1c(C([2H])([2H])C(C)C)c([2H])c(-c2c(C)ccc3c2oc2cc([N+]#[C-])cc(-c4ccccc4)c23)[n+](C)c1C. The summed E-state index contributed by atoms with van der Waals surface area (Å²) >= 11 is 0. The lowest BCUT2D eigenvalue weighted by atomic mass is 9.94. The zero-order valence-corrected chi connectivity index (χ0v) is 20.1. The molecule has 2 heterocycles. The van der Waals surface area contributed by atoms with E-state index in [-0.39, 0.29) is 17.6 Å². The normalized spacial score (nSPS) is 13.6. The minimum atomic E-state index is -1.86. The molecule has 0 aliphatic heterocycles. The third kappa shape index (κ3) is 3.66. The highest BCUT2D eigenvalue weighted by Gasteiger charge is 2.24. The lowest BCUT2D eigenvalue weighted by molar-refractivity contribution is -0.666. The van der Waals surface area contributed by atoms with Crippen LogP contribution in [0.15, 0.2) is 71.1 Å². The average molecular weight is 450 g/mol. The molecule has 3 nitrogen and oxygen atoms in total. The molecule has 34 heavy (non-hydrogen) atoms. The predicted molar refractivity (Wildman–Crippen MR) is 140 cm³/mol. The van der Waals surface area contributed by atoms with E-state index in [1.54, 1.807) is 31.4 Å². The van der Waals surface area contributed by atoms with Crippen LogP contribution in [0.5, 0.6) is 0 Å². The Morgan fingerprint density at radius 2 is 1.85 bits per heavy atom. The molecule has 5 rings (SSSR count). The van der Waals surface area contributed by atoms with Crippen molar-refractivity contribution in [1.82, 2.24) is 0 Å². The summed E-state index contributed by atoms with van der Waals surface area (Å²) in [6, 6.07) is 17.6. The van der Waals surface area contributed by atoms with Gasteiger partial charge in [-0.3, -0.25) is 0 Å². The van der Waals surface area contributed by atoms with Crippen LogP contribution in [0, 0.1) is 26.3 Å². The van der Waals surface area contributed by atoms with Gasteiger partial charge >= 0.3 is 0 Å². The summed E-state index contributed by atoms with van der Waals surface area (Å²) in [6.07, 6.45) is -1.86. The molecule has 0 saturated heterocycles. The molecule has 0 atom stereocenters. The van der Waals surface area contributed by atoms with Gasteiger partial charge in [-0.15, -0.1) is 0 Å². The second kappa shape index (κ2) is 8.47. The second-order valence-corrected chi connectivity index (χ2v) is 9.00. The molecule has 0 spiro atoms. The number of aryl methyl sites for hydroxylation is 1. The minimum Gasteiger partial charge on any atom is -0.456 e. The van der Waals surface area contributed by atoms with Crippen LogP contribution in [0.3, 0.4) is 0 Å². The summed E-state index contributed by atoms with van der Waals surface area (Å²) in [5, 5.41) is 1.75. The van der Waals surface area contributed by atoms with E-state index in [1.165, 1.54) is 0 Å². The molecule has 0 aliphatic carbocycles. The molecule has 0 bridgehead atoms. The van der Waals surface area contributed by atoms with Crippen LogP contribution in [0.2, 0.25) is 0 Å². The first-order chi connectivity index (χ1) is 18.0. The van der Waals surface area contributed by atoms with Crippen molar-refractivity contribution >= 4 is 27.6 Å². The Morgan fingerprint density at radius 1 is 1.09 bits per heavy atom. The summed E-state index contributed by atoms with van der Waals surface area (Å²) in [7, 11) is 1.81. The molecule has 0 unspecified atom stereocenters. The molecule has 2 aromatic heterocycles. The van der Waals surface area contributed by atoms with Gasteiger partial charge in [-0.25, -0.2) is 4.85 Å². The fourth-order valence-electron chi connectivity index (χ4n) is 4.51. The third-order valence-corrected chi connectivity index (χ3v) is 6.21. The van der Waals surface area contributed by atoms with Gasteiger partial charge < -0.3 is 4.42 Å². The van der Waals surface area contributed by atoms with Crippen LogP contribution in [0.4, 0.5) is 5.69 Å². The Kier molecular flexibility index (Phi) is 4.37. The molecule has 168 valence electrons. The molecular formula is C31H29N2O+. The quantitative estimate of drug-likeness (QED) is 0.200. The first-order valence-corrected chi connectivity index (χ1v) is 11.4. The standard InChI is InChI=1S/C31H29N2O/c1-19(2)14-22-15-21(4)33(6)27(16-22)29-20(3)12-13-25-30-26(23-10-8-7-9-11-23)17-24(32-5)18-28(30)34-31(25)29/h7-13,15-19H,14H2,1-4,6H3/q+1/i14D2,15D,16D. The van der Waals surface area contributed by atoms with Gasteiger partial charge in [0, 0.05) is 32.5 Å². The Bertz CT molecular complexity index is 1780. The molecule has 0 saturated carbocycles. The second-order valence-electron chi connectivity index (χ2n) is 9.00. The summed E-state index contributed by atoms with van der Waals surface area (Å²) in [5.74, 6) is -0.417. The molecule has 0 N–H and O–H groups in total. The van der Waals surface area contributed by atoms with Crippen molar-refractivity contribution in [2.24, 2.45) is 13.0 Å². The number of nitrogens with zero attached hydrogens (tertiary/aromatic N) is 2. The molecular weight excluding hydrogens is 416 g/mol. The van der Waals surface area contributed by atoms with Crippen LogP contribution >= 0.6 is 0 Å². The molecule has 5 aromatic rings. The number of rotatable bonds is 4. The Labute approximate surface area is 206 Å². The van der Waals surface area contributed by atoms with E-state index in [2.05, 4.69) is 4.85 Å². The molecule has 3 aromatic carbocycles. The summed E-state index contributed by atoms with van der Waals surface area (Å²) in [6.45, 7) is 14.9. The van der Waals surface area contributed by atoms with Crippen LogP contribution in [0.25, 0.3) is 49.2 Å². The molecule has 0 radical (unpaired) electrons. The van der Waals surface area contributed by atoms with Crippen molar-refractivity contribution < 1.29 is 14.5 Å². The van der Waals surface area contributed by atoms with E-state index in [0.717, 1.165) is 27.5 Å². The number of fused-ring (bicyclic) bond motifs is 3. The summed E-state index contributed by atoms with van der Waals surface area (Å²) < 4.78 is 43.7. The van der Waals surface area contributed by atoms with Gasteiger partial charge in [-0.1, -0.05) is 56.3 Å². The number of pyridine rings is 1. The van der Waals surface area contributed by atoms with Crippen molar-refractivity contribution in [3.8, 4) is 22.4 Å². The van der Waals surface area contributed by atoms with Gasteiger partial charge in [0.25, 0.3) is 0 Å². The number of benzene rings is 3. The highest BCUT2D eigenvalue weighted by Crippen LogP contribution is 2.43. The third-order valence-electron chi connectivity index (χ3n) is 6.21.